The number of ketones is 1. The molecule has 28 heavy (non-hydrogen) atoms. The zero-order valence-electron chi connectivity index (χ0n) is 15.4. The summed E-state index contributed by atoms with van der Waals surface area (Å²) in [6.45, 7) is 2.03. The second-order valence-electron chi connectivity index (χ2n) is 5.98. The van der Waals surface area contributed by atoms with E-state index in [4.69, 9.17) is 9.47 Å². The molecular weight excluding hydrogens is 462 g/mol. The summed E-state index contributed by atoms with van der Waals surface area (Å²) < 4.78 is 11.6. The van der Waals surface area contributed by atoms with Crippen molar-refractivity contribution in [3.8, 4) is 16.3 Å². The van der Waals surface area contributed by atoms with Crippen molar-refractivity contribution in [3.05, 3.63) is 55.6 Å². The van der Waals surface area contributed by atoms with Crippen LogP contribution in [0.3, 0.4) is 0 Å². The number of hydrogen-bond acceptors (Lipinski definition) is 7. The first-order chi connectivity index (χ1) is 13.5. The van der Waals surface area contributed by atoms with E-state index in [0.717, 1.165) is 25.7 Å². The van der Waals surface area contributed by atoms with E-state index < -0.39 is 5.97 Å². The number of methoxy groups -OCH3 is 1. The standard InChI is InChI=1S/C20H18BrNO4S2/c1-12-3-7-18(28-12)16(23)5-8-19(24)26-10-14-11-27-20(22-14)15-9-13(21)4-6-17(15)25-2/h3-4,6-7,9,11H,5,8,10H2,1-2H3. The molecule has 0 aliphatic heterocycles. The van der Waals surface area contributed by atoms with Gasteiger partial charge in [0.2, 0.25) is 0 Å². The summed E-state index contributed by atoms with van der Waals surface area (Å²) in [4.78, 5) is 30.3. The van der Waals surface area contributed by atoms with Gasteiger partial charge in [0, 0.05) is 21.2 Å². The fraction of sp³-hybridized carbons (Fsp3) is 0.250. The number of halogens is 1. The summed E-state index contributed by atoms with van der Waals surface area (Å²) in [5.74, 6) is 0.285. The molecule has 0 atom stereocenters. The second kappa shape index (κ2) is 9.45. The summed E-state index contributed by atoms with van der Waals surface area (Å²) >= 11 is 6.34. The van der Waals surface area contributed by atoms with Gasteiger partial charge in [0.1, 0.15) is 17.4 Å². The minimum atomic E-state index is -0.406. The molecule has 2 aromatic heterocycles. The second-order valence-corrected chi connectivity index (χ2v) is 9.04. The van der Waals surface area contributed by atoms with Crippen LogP contribution in [0.4, 0.5) is 0 Å². The lowest BCUT2D eigenvalue weighted by atomic mass is 10.2. The molecule has 0 spiro atoms. The summed E-state index contributed by atoms with van der Waals surface area (Å²) in [6, 6.07) is 9.40. The smallest absolute Gasteiger partial charge is 0.306 e. The molecule has 0 saturated carbocycles. The molecule has 0 fully saturated rings. The van der Waals surface area contributed by atoms with E-state index in [1.807, 2.05) is 36.6 Å². The SMILES string of the molecule is COc1ccc(Br)cc1-c1nc(COC(=O)CCC(=O)c2ccc(C)s2)cs1. The number of nitrogens with zero attached hydrogens (tertiary/aromatic N) is 1. The van der Waals surface area contributed by atoms with E-state index in [-0.39, 0.29) is 25.2 Å². The van der Waals surface area contributed by atoms with Gasteiger partial charge in [-0.1, -0.05) is 15.9 Å². The highest BCUT2D eigenvalue weighted by molar-refractivity contribution is 9.10. The number of thiazole rings is 1. The molecule has 2 heterocycles. The lowest BCUT2D eigenvalue weighted by molar-refractivity contribution is -0.145. The average molecular weight is 480 g/mol. The Morgan fingerprint density at radius 3 is 2.71 bits per heavy atom. The topological polar surface area (TPSA) is 65.5 Å². The first kappa shape index (κ1) is 20.7. The van der Waals surface area contributed by atoms with Crippen molar-refractivity contribution >= 4 is 50.4 Å². The van der Waals surface area contributed by atoms with E-state index in [1.54, 1.807) is 13.2 Å². The zero-order valence-corrected chi connectivity index (χ0v) is 18.6. The summed E-state index contributed by atoms with van der Waals surface area (Å²) in [5, 5.41) is 2.63. The Morgan fingerprint density at radius 2 is 2.00 bits per heavy atom. The van der Waals surface area contributed by atoms with Crippen LogP contribution in [0.25, 0.3) is 10.6 Å². The highest BCUT2D eigenvalue weighted by atomic mass is 79.9. The van der Waals surface area contributed by atoms with Crippen LogP contribution >= 0.6 is 38.6 Å². The predicted molar refractivity (Wildman–Crippen MR) is 114 cm³/mol. The molecule has 1 aromatic carbocycles. The normalized spacial score (nSPS) is 10.7. The molecule has 3 rings (SSSR count). The van der Waals surface area contributed by atoms with Gasteiger partial charge in [-0.3, -0.25) is 9.59 Å². The quantitative estimate of drug-likeness (QED) is 0.308. The number of thiophene rings is 1. The Morgan fingerprint density at radius 1 is 1.18 bits per heavy atom. The molecule has 0 radical (unpaired) electrons. The Labute approximate surface area is 179 Å². The van der Waals surface area contributed by atoms with Gasteiger partial charge < -0.3 is 9.47 Å². The highest BCUT2D eigenvalue weighted by Gasteiger charge is 2.14. The lowest BCUT2D eigenvalue weighted by Gasteiger charge is -2.06. The fourth-order valence-electron chi connectivity index (χ4n) is 2.49. The van der Waals surface area contributed by atoms with Gasteiger partial charge in [-0.15, -0.1) is 22.7 Å². The van der Waals surface area contributed by atoms with Crippen molar-refractivity contribution in [2.45, 2.75) is 26.4 Å². The van der Waals surface area contributed by atoms with E-state index in [0.29, 0.717) is 10.6 Å². The van der Waals surface area contributed by atoms with Gasteiger partial charge >= 0.3 is 5.97 Å². The Balaban J connectivity index is 1.54. The molecule has 0 saturated heterocycles. The molecular formula is C20H18BrNO4S2. The van der Waals surface area contributed by atoms with Crippen molar-refractivity contribution in [1.29, 1.82) is 0 Å². The maximum atomic E-state index is 12.1. The number of carbonyl (C=O) groups excluding carboxylic acids is 2. The van der Waals surface area contributed by atoms with Crippen molar-refractivity contribution in [2.75, 3.05) is 7.11 Å². The first-order valence-corrected chi connectivity index (χ1v) is 11.0. The summed E-state index contributed by atoms with van der Waals surface area (Å²) in [7, 11) is 1.61. The third-order valence-electron chi connectivity index (χ3n) is 3.90. The van der Waals surface area contributed by atoms with Crippen LogP contribution in [0.15, 0.2) is 40.2 Å². The number of aromatic nitrogens is 1. The third kappa shape index (κ3) is 5.27. The first-order valence-electron chi connectivity index (χ1n) is 8.50. The van der Waals surface area contributed by atoms with E-state index in [2.05, 4.69) is 20.9 Å². The molecule has 8 heteroatoms. The maximum absolute atomic E-state index is 12.1. The maximum Gasteiger partial charge on any atom is 0.306 e. The fourth-order valence-corrected chi connectivity index (χ4v) is 4.51. The molecule has 146 valence electrons. The number of benzene rings is 1. The predicted octanol–water partition coefficient (Wildman–Crippen LogP) is 5.66. The van der Waals surface area contributed by atoms with Gasteiger partial charge in [0.05, 0.1) is 29.7 Å². The van der Waals surface area contributed by atoms with E-state index in [9.17, 15) is 9.59 Å². The Hall–Kier alpha value is -2.03. The van der Waals surface area contributed by atoms with Crippen molar-refractivity contribution in [3.63, 3.8) is 0 Å². The van der Waals surface area contributed by atoms with Crippen molar-refractivity contribution < 1.29 is 19.1 Å². The van der Waals surface area contributed by atoms with Crippen LogP contribution < -0.4 is 4.74 Å². The summed E-state index contributed by atoms with van der Waals surface area (Å²) in [6.07, 6.45) is 0.211. The Bertz CT molecular complexity index is 996. The Kier molecular flexibility index (Phi) is 6.98. The molecule has 0 N–H and O–H groups in total. The van der Waals surface area contributed by atoms with Crippen LogP contribution in [-0.2, 0) is 16.1 Å². The number of aryl methyl sites for hydroxylation is 1. The monoisotopic (exact) mass is 479 g/mol. The molecule has 0 unspecified atom stereocenters. The average Bonchev–Trinajstić information content (AvgIpc) is 3.33. The lowest BCUT2D eigenvalue weighted by Crippen LogP contribution is -2.07. The van der Waals surface area contributed by atoms with Gasteiger partial charge in [-0.25, -0.2) is 4.98 Å². The van der Waals surface area contributed by atoms with Gasteiger partial charge in [-0.05, 0) is 37.3 Å². The molecule has 5 nitrogen and oxygen atoms in total. The minimum Gasteiger partial charge on any atom is -0.496 e. The molecule has 0 amide bonds. The van der Waals surface area contributed by atoms with Gasteiger partial charge in [0.25, 0.3) is 0 Å². The van der Waals surface area contributed by atoms with Gasteiger partial charge in [-0.2, -0.15) is 0 Å². The molecule has 0 bridgehead atoms. The zero-order chi connectivity index (χ0) is 20.1. The number of rotatable bonds is 8. The molecule has 0 aliphatic carbocycles. The van der Waals surface area contributed by atoms with Crippen LogP contribution in [0.1, 0.15) is 33.1 Å². The van der Waals surface area contributed by atoms with E-state index >= 15 is 0 Å². The van der Waals surface area contributed by atoms with Gasteiger partial charge in [0.15, 0.2) is 5.78 Å². The molecule has 3 aromatic rings. The number of Topliss-reactive ketones (excluding diaryl/α,β-unsaturated/α-hetero) is 1. The van der Waals surface area contributed by atoms with Crippen LogP contribution in [-0.4, -0.2) is 23.8 Å². The minimum absolute atomic E-state index is 0.0345. The largest absolute Gasteiger partial charge is 0.496 e. The van der Waals surface area contributed by atoms with Crippen LogP contribution in [0, 0.1) is 6.92 Å². The van der Waals surface area contributed by atoms with Crippen LogP contribution in [0.2, 0.25) is 0 Å². The van der Waals surface area contributed by atoms with Crippen molar-refractivity contribution in [1.82, 2.24) is 4.98 Å². The number of hydrogen-bond donors (Lipinski definition) is 0. The number of esters is 1. The van der Waals surface area contributed by atoms with E-state index in [1.165, 1.54) is 22.7 Å². The highest BCUT2D eigenvalue weighted by Crippen LogP contribution is 2.34. The molecule has 0 aliphatic rings. The number of ether oxygens (including phenoxy) is 2. The van der Waals surface area contributed by atoms with Crippen molar-refractivity contribution in [2.24, 2.45) is 0 Å². The number of carbonyl (C=O) groups is 2. The van der Waals surface area contributed by atoms with Crippen LogP contribution in [0.5, 0.6) is 5.75 Å². The summed E-state index contributed by atoms with van der Waals surface area (Å²) in [5.41, 5.74) is 1.53. The third-order valence-corrected chi connectivity index (χ3v) is 6.36.